The van der Waals surface area contributed by atoms with Crippen molar-refractivity contribution < 1.29 is 14.3 Å². The van der Waals surface area contributed by atoms with Crippen molar-refractivity contribution >= 4 is 16.8 Å². The Bertz CT molecular complexity index is 794. The lowest BCUT2D eigenvalue weighted by Crippen LogP contribution is -2.58. The van der Waals surface area contributed by atoms with Gasteiger partial charge in [-0.1, -0.05) is 24.3 Å². The number of hydrogen-bond acceptors (Lipinski definition) is 4. The van der Waals surface area contributed by atoms with Crippen LogP contribution in [0.25, 0.3) is 10.9 Å². The summed E-state index contributed by atoms with van der Waals surface area (Å²) in [5, 5.41) is 1.05. The molecular formula is C21H26N2O3. The summed E-state index contributed by atoms with van der Waals surface area (Å²) in [4.78, 5) is 19.6. The van der Waals surface area contributed by atoms with E-state index in [1.807, 2.05) is 48.2 Å². The van der Waals surface area contributed by atoms with Gasteiger partial charge in [-0.15, -0.1) is 0 Å². The first kappa shape index (κ1) is 17.4. The van der Waals surface area contributed by atoms with E-state index in [-0.39, 0.29) is 17.4 Å². The van der Waals surface area contributed by atoms with Crippen LogP contribution in [0.1, 0.15) is 36.7 Å². The number of benzene rings is 1. The number of piperidine rings is 1. The lowest BCUT2D eigenvalue weighted by molar-refractivity contribution is -0.146. The van der Waals surface area contributed by atoms with Gasteiger partial charge in [0.15, 0.2) is 0 Å². The maximum absolute atomic E-state index is 13.1. The lowest BCUT2D eigenvalue weighted by atomic mass is 9.73. The van der Waals surface area contributed by atoms with Crippen LogP contribution < -0.4 is 0 Å². The quantitative estimate of drug-likeness (QED) is 0.845. The average molecular weight is 354 g/mol. The molecule has 0 spiro atoms. The first-order valence-electron chi connectivity index (χ1n) is 9.56. The summed E-state index contributed by atoms with van der Waals surface area (Å²) in [7, 11) is 0. The second kappa shape index (κ2) is 7.33. The third-order valence-electron chi connectivity index (χ3n) is 5.69. The van der Waals surface area contributed by atoms with Crippen LogP contribution in [-0.4, -0.2) is 54.8 Å². The molecule has 1 aromatic heterocycles. The zero-order valence-corrected chi connectivity index (χ0v) is 15.3. The minimum absolute atomic E-state index is 0.00986. The highest BCUT2D eigenvalue weighted by atomic mass is 16.5. The van der Waals surface area contributed by atoms with Gasteiger partial charge in [-0.3, -0.25) is 4.79 Å². The van der Waals surface area contributed by atoms with Crippen LogP contribution in [0, 0.1) is 5.41 Å². The molecule has 5 heteroatoms. The Morgan fingerprint density at radius 1 is 1.35 bits per heavy atom. The number of ether oxygens (including phenoxy) is 2. The summed E-state index contributed by atoms with van der Waals surface area (Å²) in [5.41, 5.74) is 1.29. The van der Waals surface area contributed by atoms with Crippen LogP contribution in [0.15, 0.2) is 36.4 Å². The third-order valence-corrected chi connectivity index (χ3v) is 5.69. The van der Waals surface area contributed by atoms with E-state index in [1.54, 1.807) is 0 Å². The number of carbonyl (C=O) groups is 1. The van der Waals surface area contributed by atoms with Crippen molar-refractivity contribution in [3.63, 3.8) is 0 Å². The molecule has 0 unspecified atom stereocenters. The standard InChI is InChI=1S/C21H26N2O3/c1-2-25-15-21-11-5-13-26-19(21)10-12-23(14-21)20(24)18-9-8-16-6-3-4-7-17(16)22-18/h3-4,6-9,19H,2,5,10-15H2,1H3/t19-,21+/m1/s1. The number of pyridine rings is 1. The second-order valence-corrected chi connectivity index (χ2v) is 7.37. The Labute approximate surface area is 154 Å². The van der Waals surface area contributed by atoms with Crippen molar-refractivity contribution in [3.8, 4) is 0 Å². The van der Waals surface area contributed by atoms with E-state index in [2.05, 4.69) is 4.98 Å². The van der Waals surface area contributed by atoms with Crippen LogP contribution in [0.3, 0.4) is 0 Å². The summed E-state index contributed by atoms with van der Waals surface area (Å²) in [6.07, 6.45) is 3.13. The number of rotatable bonds is 4. The predicted octanol–water partition coefficient (Wildman–Crippen LogP) is 3.28. The zero-order valence-electron chi connectivity index (χ0n) is 15.3. The van der Waals surface area contributed by atoms with Gasteiger partial charge in [0.2, 0.25) is 0 Å². The lowest BCUT2D eigenvalue weighted by Gasteiger charge is -2.50. The minimum atomic E-state index is -0.0843. The van der Waals surface area contributed by atoms with Gasteiger partial charge in [0.05, 0.1) is 18.2 Å². The number of carbonyl (C=O) groups excluding carboxylic acids is 1. The molecule has 0 aliphatic carbocycles. The second-order valence-electron chi connectivity index (χ2n) is 7.37. The molecule has 0 bridgehead atoms. The van der Waals surface area contributed by atoms with Gasteiger partial charge in [-0.25, -0.2) is 4.98 Å². The number of nitrogens with zero attached hydrogens (tertiary/aromatic N) is 2. The Hall–Kier alpha value is -1.98. The Balaban J connectivity index is 1.57. The molecule has 5 nitrogen and oxygen atoms in total. The fourth-order valence-corrected chi connectivity index (χ4v) is 4.33. The first-order chi connectivity index (χ1) is 12.7. The number of likely N-dealkylation sites (tertiary alicyclic amines) is 1. The van der Waals surface area contributed by atoms with E-state index >= 15 is 0 Å². The molecule has 0 saturated carbocycles. The summed E-state index contributed by atoms with van der Waals surface area (Å²) in [6.45, 7) is 5.58. The summed E-state index contributed by atoms with van der Waals surface area (Å²) in [5.74, 6) is 0.00986. The predicted molar refractivity (Wildman–Crippen MR) is 100 cm³/mol. The van der Waals surface area contributed by atoms with Crippen LogP contribution in [0.4, 0.5) is 0 Å². The van der Waals surface area contributed by atoms with Gasteiger partial charge in [0, 0.05) is 37.1 Å². The van der Waals surface area contributed by atoms with E-state index in [4.69, 9.17) is 9.47 Å². The molecule has 2 atom stereocenters. The molecular weight excluding hydrogens is 328 g/mol. The summed E-state index contributed by atoms with van der Waals surface area (Å²) >= 11 is 0. The molecule has 26 heavy (non-hydrogen) atoms. The average Bonchev–Trinajstić information content (AvgIpc) is 2.71. The Morgan fingerprint density at radius 2 is 2.23 bits per heavy atom. The van der Waals surface area contributed by atoms with Gasteiger partial charge in [0.25, 0.3) is 5.91 Å². The van der Waals surface area contributed by atoms with Crippen LogP contribution >= 0.6 is 0 Å². The summed E-state index contributed by atoms with van der Waals surface area (Å²) < 4.78 is 11.8. The summed E-state index contributed by atoms with van der Waals surface area (Å²) in [6, 6.07) is 11.7. The molecule has 2 saturated heterocycles. The van der Waals surface area contributed by atoms with Gasteiger partial charge < -0.3 is 14.4 Å². The van der Waals surface area contributed by atoms with E-state index in [0.29, 0.717) is 32.0 Å². The van der Waals surface area contributed by atoms with Crippen molar-refractivity contribution in [3.05, 3.63) is 42.1 Å². The van der Waals surface area contributed by atoms with E-state index in [0.717, 1.165) is 36.8 Å². The molecule has 2 aromatic rings. The fraction of sp³-hybridized carbons (Fsp3) is 0.524. The molecule has 2 aliphatic heterocycles. The van der Waals surface area contributed by atoms with E-state index < -0.39 is 0 Å². The highest BCUT2D eigenvalue weighted by Crippen LogP contribution is 2.40. The van der Waals surface area contributed by atoms with Crippen LogP contribution in [-0.2, 0) is 9.47 Å². The molecule has 4 rings (SSSR count). The normalized spacial score (nSPS) is 25.9. The molecule has 2 aliphatic rings. The molecule has 0 N–H and O–H groups in total. The number of hydrogen-bond donors (Lipinski definition) is 0. The highest BCUT2D eigenvalue weighted by Gasteiger charge is 2.47. The van der Waals surface area contributed by atoms with Gasteiger partial charge >= 0.3 is 0 Å². The van der Waals surface area contributed by atoms with Crippen molar-refractivity contribution in [2.45, 2.75) is 32.3 Å². The first-order valence-corrected chi connectivity index (χ1v) is 9.56. The van der Waals surface area contributed by atoms with Gasteiger partial charge in [-0.2, -0.15) is 0 Å². The third kappa shape index (κ3) is 3.21. The van der Waals surface area contributed by atoms with Crippen LogP contribution in [0.5, 0.6) is 0 Å². The largest absolute Gasteiger partial charge is 0.381 e. The molecule has 1 aromatic carbocycles. The molecule has 3 heterocycles. The van der Waals surface area contributed by atoms with Gasteiger partial charge in [-0.05, 0) is 38.3 Å². The van der Waals surface area contributed by atoms with Crippen molar-refractivity contribution in [2.24, 2.45) is 5.41 Å². The number of amides is 1. The van der Waals surface area contributed by atoms with Crippen molar-refractivity contribution in [1.82, 2.24) is 9.88 Å². The molecule has 2 fully saturated rings. The molecule has 0 radical (unpaired) electrons. The van der Waals surface area contributed by atoms with Crippen molar-refractivity contribution in [2.75, 3.05) is 32.9 Å². The van der Waals surface area contributed by atoms with Gasteiger partial charge in [0.1, 0.15) is 5.69 Å². The maximum atomic E-state index is 13.1. The number of aromatic nitrogens is 1. The Morgan fingerprint density at radius 3 is 3.12 bits per heavy atom. The monoisotopic (exact) mass is 354 g/mol. The molecule has 1 amide bonds. The minimum Gasteiger partial charge on any atom is -0.381 e. The van der Waals surface area contributed by atoms with Crippen LogP contribution in [0.2, 0.25) is 0 Å². The number of para-hydroxylation sites is 1. The topological polar surface area (TPSA) is 51.7 Å². The van der Waals surface area contributed by atoms with E-state index in [1.165, 1.54) is 0 Å². The van der Waals surface area contributed by atoms with Crippen molar-refractivity contribution in [1.29, 1.82) is 0 Å². The number of fused-ring (bicyclic) bond motifs is 2. The molecule has 138 valence electrons. The maximum Gasteiger partial charge on any atom is 0.272 e. The Kier molecular flexibility index (Phi) is 4.92. The zero-order chi connectivity index (χ0) is 18.0. The van der Waals surface area contributed by atoms with E-state index in [9.17, 15) is 4.79 Å². The SMILES string of the molecule is CCOC[C@@]12CCCO[C@@H]1CCN(C(=O)c1ccc3ccccc3n1)C2. The smallest absolute Gasteiger partial charge is 0.272 e. The highest BCUT2D eigenvalue weighted by molar-refractivity contribution is 5.95. The fourth-order valence-electron chi connectivity index (χ4n) is 4.33.